The summed E-state index contributed by atoms with van der Waals surface area (Å²) in [7, 11) is 3.68. The van der Waals surface area contributed by atoms with Crippen molar-refractivity contribution in [2.75, 3.05) is 20.7 Å². The smallest absolute Gasteiger partial charge is 0.319 e. The van der Waals surface area contributed by atoms with Crippen molar-refractivity contribution in [2.24, 2.45) is 28.2 Å². The van der Waals surface area contributed by atoms with Crippen molar-refractivity contribution in [2.45, 2.75) is 162 Å². The first-order chi connectivity index (χ1) is 23.0. The Morgan fingerprint density at radius 3 is 2.12 bits per heavy atom. The van der Waals surface area contributed by atoms with Gasteiger partial charge in [-0.1, -0.05) is 41.5 Å². The summed E-state index contributed by atoms with van der Waals surface area (Å²) in [5, 5.41) is 44.1. The first-order valence-corrected chi connectivity index (χ1v) is 18.1. The lowest BCUT2D eigenvalue weighted by Gasteiger charge is -2.47. The number of hydrogen-bond acceptors (Lipinski definition) is 12. The maximum absolute atomic E-state index is 14.3. The molecule has 0 saturated carbocycles. The van der Waals surface area contributed by atoms with Crippen LogP contribution in [0.3, 0.4) is 0 Å². The highest BCUT2D eigenvalue weighted by atomic mass is 16.7. The fourth-order valence-corrected chi connectivity index (χ4v) is 7.48. The number of ether oxygens (including phenoxy) is 4. The van der Waals surface area contributed by atoms with Gasteiger partial charge in [0.15, 0.2) is 12.1 Å². The SMILES string of the molecule is CCC(=N)CO[C@@H]1[C@@H](C)C(=NC(=O)CC)[C@H](C)C[C@@](C)(O)[C@H](O[C@@H]2O[C@H](C)C[C@H](N(C)C)[C@H]2O)[C@@H](C)C(=O)C(C)(C)C(=O)O[C@H](CC)[C@@]1(C)O. The molecule has 0 aromatic heterocycles. The molecule has 288 valence electrons. The molecule has 0 radical (unpaired) electrons. The molecular formula is C37H65N3O10. The third kappa shape index (κ3) is 10.0. The Kier molecular flexibility index (Phi) is 15.5. The molecule has 1 amide bonds. The van der Waals surface area contributed by atoms with Gasteiger partial charge in [-0.15, -0.1) is 0 Å². The van der Waals surface area contributed by atoms with Gasteiger partial charge in [0, 0.05) is 35.7 Å². The Morgan fingerprint density at radius 2 is 1.60 bits per heavy atom. The van der Waals surface area contributed by atoms with Gasteiger partial charge in [-0.2, -0.15) is 0 Å². The second-order valence-electron chi connectivity index (χ2n) is 15.7. The van der Waals surface area contributed by atoms with Gasteiger partial charge in [-0.05, 0) is 80.3 Å². The molecule has 0 aromatic carbocycles. The number of carbonyl (C=O) groups is 3. The van der Waals surface area contributed by atoms with Crippen molar-refractivity contribution in [3.63, 3.8) is 0 Å². The van der Waals surface area contributed by atoms with Crippen LogP contribution in [0, 0.1) is 28.6 Å². The van der Waals surface area contributed by atoms with Crippen LogP contribution in [0.25, 0.3) is 0 Å². The van der Waals surface area contributed by atoms with Gasteiger partial charge in [-0.25, -0.2) is 4.99 Å². The highest BCUT2D eigenvalue weighted by Crippen LogP contribution is 2.39. The Morgan fingerprint density at radius 1 is 1.00 bits per heavy atom. The van der Waals surface area contributed by atoms with Gasteiger partial charge in [0.1, 0.15) is 23.2 Å². The zero-order valence-corrected chi connectivity index (χ0v) is 32.6. The van der Waals surface area contributed by atoms with Crippen LogP contribution in [-0.4, -0.2) is 124 Å². The lowest BCUT2D eigenvalue weighted by Crippen LogP contribution is -2.60. The second kappa shape index (κ2) is 17.6. The minimum atomic E-state index is -1.86. The van der Waals surface area contributed by atoms with E-state index in [0.29, 0.717) is 18.6 Å². The third-order valence-electron chi connectivity index (χ3n) is 10.6. The third-order valence-corrected chi connectivity index (χ3v) is 10.6. The summed E-state index contributed by atoms with van der Waals surface area (Å²) in [4.78, 5) is 47.5. The molecule has 2 fully saturated rings. The predicted octanol–water partition coefficient (Wildman–Crippen LogP) is 3.72. The molecule has 2 rings (SSSR count). The number of nitrogens with one attached hydrogen (secondary N) is 1. The first-order valence-electron chi connectivity index (χ1n) is 18.1. The molecule has 2 saturated heterocycles. The molecule has 0 aromatic rings. The molecule has 2 aliphatic heterocycles. The average Bonchev–Trinajstić information content (AvgIpc) is 3.03. The van der Waals surface area contributed by atoms with Crippen LogP contribution in [0.2, 0.25) is 0 Å². The molecule has 0 unspecified atom stereocenters. The molecule has 4 N–H and O–H groups in total. The highest BCUT2D eigenvalue weighted by Gasteiger charge is 2.54. The van der Waals surface area contributed by atoms with Crippen molar-refractivity contribution in [3.05, 3.63) is 0 Å². The van der Waals surface area contributed by atoms with E-state index in [1.54, 1.807) is 34.6 Å². The van der Waals surface area contributed by atoms with Gasteiger partial charge in [-0.3, -0.25) is 14.4 Å². The number of amides is 1. The maximum Gasteiger partial charge on any atom is 0.319 e. The first kappa shape index (κ1) is 44.0. The monoisotopic (exact) mass is 711 g/mol. The standard InChI is InChI=1S/C37H65N3O10/c1-14-24(38)19-47-32-22(6)28(39-27(41)16-3)20(4)18-36(10,45)31(50-33-29(42)25(40(12)13)17-21(5)48-33)23(7)30(43)35(8,9)34(44)49-26(15-2)37(32,11)46/h20-23,25-26,29,31-33,38,42,45-46H,14-19H2,1-13H3/t20-,21-,22+,23+,25+,26-,29-,31-,32-,33+,36-,37-/m1/s1. The Balaban J connectivity index is 2.84. The van der Waals surface area contributed by atoms with E-state index in [4.69, 9.17) is 24.4 Å². The van der Waals surface area contributed by atoms with E-state index in [-0.39, 0.29) is 43.7 Å². The summed E-state index contributed by atoms with van der Waals surface area (Å²) in [6.45, 7) is 17.9. The summed E-state index contributed by atoms with van der Waals surface area (Å²) >= 11 is 0. The van der Waals surface area contributed by atoms with Crippen molar-refractivity contribution >= 4 is 29.1 Å². The number of cyclic esters (lactones) is 1. The number of likely N-dealkylation sites (N-methyl/N-ethyl adjacent to an activating group) is 1. The summed E-state index contributed by atoms with van der Waals surface area (Å²) in [6.07, 6.45) is -5.04. The van der Waals surface area contributed by atoms with Crippen LogP contribution in [0.15, 0.2) is 4.99 Å². The van der Waals surface area contributed by atoms with Gasteiger partial charge in [0.05, 0.1) is 30.5 Å². The molecule has 2 aliphatic rings. The maximum atomic E-state index is 14.3. The van der Waals surface area contributed by atoms with Crippen molar-refractivity contribution in [1.82, 2.24) is 4.90 Å². The number of rotatable bonds is 9. The Bertz CT molecular complexity index is 1230. The van der Waals surface area contributed by atoms with E-state index in [1.807, 2.05) is 32.8 Å². The molecule has 0 bridgehead atoms. The highest BCUT2D eigenvalue weighted by molar-refractivity contribution is 6.04. The number of aliphatic imine (C=N–C) groups is 1. The summed E-state index contributed by atoms with van der Waals surface area (Å²) < 4.78 is 24.7. The molecule has 2 heterocycles. The number of Topliss-reactive ketones (excluding diaryl/α,β-unsaturated/α-hetero) is 1. The zero-order valence-electron chi connectivity index (χ0n) is 32.6. The second-order valence-corrected chi connectivity index (χ2v) is 15.7. The quantitative estimate of drug-likeness (QED) is 0.155. The zero-order chi connectivity index (χ0) is 38.5. The lowest BCUT2D eigenvalue weighted by atomic mass is 9.71. The molecule has 0 aliphatic carbocycles. The molecule has 12 atom stereocenters. The van der Waals surface area contributed by atoms with Gasteiger partial charge >= 0.3 is 5.97 Å². The molecule has 0 spiro atoms. The number of hydrogen-bond donors (Lipinski definition) is 4. The minimum Gasteiger partial charge on any atom is -0.458 e. The van der Waals surface area contributed by atoms with E-state index in [0.717, 1.165) is 0 Å². The number of carbonyl (C=O) groups excluding carboxylic acids is 3. The Hall–Kier alpha value is -2.13. The van der Waals surface area contributed by atoms with E-state index in [1.165, 1.54) is 27.7 Å². The summed E-state index contributed by atoms with van der Waals surface area (Å²) in [6, 6.07) is -0.326. The number of aliphatic hydroxyl groups excluding tert-OH is 1. The van der Waals surface area contributed by atoms with Crippen LogP contribution in [-0.2, 0) is 33.3 Å². The van der Waals surface area contributed by atoms with Crippen molar-refractivity contribution in [1.29, 1.82) is 5.41 Å². The molecule has 13 nitrogen and oxygen atoms in total. The fraction of sp³-hybridized carbons (Fsp3) is 0.865. The molecule has 13 heteroatoms. The van der Waals surface area contributed by atoms with Crippen LogP contribution < -0.4 is 0 Å². The van der Waals surface area contributed by atoms with E-state index in [2.05, 4.69) is 4.99 Å². The normalized spacial score (nSPS) is 40.0. The molecular weight excluding hydrogens is 646 g/mol. The van der Waals surface area contributed by atoms with E-state index >= 15 is 0 Å². The van der Waals surface area contributed by atoms with Crippen LogP contribution in [0.5, 0.6) is 0 Å². The predicted molar refractivity (Wildman–Crippen MR) is 190 cm³/mol. The van der Waals surface area contributed by atoms with Crippen molar-refractivity contribution < 1.29 is 48.7 Å². The summed E-state index contributed by atoms with van der Waals surface area (Å²) in [5.41, 5.74) is -4.80. The van der Waals surface area contributed by atoms with E-state index < -0.39 is 82.7 Å². The number of ketones is 1. The largest absolute Gasteiger partial charge is 0.458 e. The average molecular weight is 712 g/mol. The number of esters is 1. The van der Waals surface area contributed by atoms with Gasteiger partial charge in [0.2, 0.25) is 5.91 Å². The number of aliphatic hydroxyl groups is 3. The lowest BCUT2D eigenvalue weighted by molar-refractivity contribution is -0.293. The van der Waals surface area contributed by atoms with Crippen molar-refractivity contribution in [3.8, 4) is 0 Å². The Labute approximate surface area is 299 Å². The minimum absolute atomic E-state index is 0.0628. The van der Waals surface area contributed by atoms with Crippen LogP contribution in [0.1, 0.15) is 108 Å². The van der Waals surface area contributed by atoms with Crippen LogP contribution >= 0.6 is 0 Å². The van der Waals surface area contributed by atoms with E-state index in [9.17, 15) is 29.7 Å². The van der Waals surface area contributed by atoms with Gasteiger partial charge < -0.3 is 44.6 Å². The molecule has 50 heavy (non-hydrogen) atoms. The topological polar surface area (TPSA) is 188 Å². The van der Waals surface area contributed by atoms with Crippen LogP contribution in [0.4, 0.5) is 0 Å². The fourth-order valence-electron chi connectivity index (χ4n) is 7.48. The number of nitrogens with zero attached hydrogens (tertiary/aromatic N) is 2. The van der Waals surface area contributed by atoms with Gasteiger partial charge in [0.25, 0.3) is 0 Å². The summed E-state index contributed by atoms with van der Waals surface area (Å²) in [5.74, 6) is -4.38.